The highest BCUT2D eigenvalue weighted by atomic mass is 32.1. The summed E-state index contributed by atoms with van der Waals surface area (Å²) in [5, 5.41) is 2.78. The van der Waals surface area contributed by atoms with Crippen molar-refractivity contribution in [2.75, 3.05) is 0 Å². The Morgan fingerprint density at radius 2 is 2.11 bits per heavy atom. The average molecular weight is 139 g/mol. The van der Waals surface area contributed by atoms with Crippen molar-refractivity contribution in [3.8, 4) is 0 Å². The highest BCUT2D eigenvalue weighted by Gasteiger charge is 1.81. The van der Waals surface area contributed by atoms with Crippen LogP contribution in [0, 0.1) is 0 Å². The van der Waals surface area contributed by atoms with Crippen LogP contribution in [0.15, 0.2) is 24.5 Å². The predicted octanol–water partition coefficient (Wildman–Crippen LogP) is 0.869. The SMILES string of the molecule is S=[C]NCn1cccc1. The van der Waals surface area contributed by atoms with Gasteiger partial charge in [-0.05, 0) is 12.1 Å². The van der Waals surface area contributed by atoms with Gasteiger partial charge in [0.05, 0.1) is 6.67 Å². The van der Waals surface area contributed by atoms with Crippen LogP contribution >= 0.6 is 12.2 Å². The van der Waals surface area contributed by atoms with Crippen molar-refractivity contribution >= 4 is 17.7 Å². The summed E-state index contributed by atoms with van der Waals surface area (Å²) in [6, 6.07) is 3.93. The number of rotatable bonds is 3. The molecule has 9 heavy (non-hydrogen) atoms. The van der Waals surface area contributed by atoms with E-state index < -0.39 is 0 Å². The average Bonchev–Trinajstić information content (AvgIpc) is 2.34. The van der Waals surface area contributed by atoms with Crippen LogP contribution in [0.2, 0.25) is 0 Å². The number of thiocarbonyl (C=S) groups is 1. The molecule has 0 aromatic carbocycles. The summed E-state index contributed by atoms with van der Waals surface area (Å²) in [6.07, 6.45) is 3.92. The van der Waals surface area contributed by atoms with Crippen LogP contribution in [0.5, 0.6) is 0 Å². The summed E-state index contributed by atoms with van der Waals surface area (Å²) in [5.74, 6) is 0. The van der Waals surface area contributed by atoms with E-state index in [4.69, 9.17) is 0 Å². The minimum Gasteiger partial charge on any atom is -0.356 e. The van der Waals surface area contributed by atoms with Gasteiger partial charge in [0, 0.05) is 12.4 Å². The van der Waals surface area contributed by atoms with E-state index in [0.717, 1.165) is 0 Å². The van der Waals surface area contributed by atoms with Crippen LogP contribution in [0.3, 0.4) is 0 Å². The van der Waals surface area contributed by atoms with Gasteiger partial charge in [-0.3, -0.25) is 0 Å². The zero-order chi connectivity index (χ0) is 6.53. The van der Waals surface area contributed by atoms with Gasteiger partial charge in [0.2, 0.25) is 0 Å². The fourth-order valence-corrected chi connectivity index (χ4v) is 0.664. The third kappa shape index (κ3) is 1.85. The molecule has 1 heterocycles. The lowest BCUT2D eigenvalue weighted by atomic mass is 10.7. The third-order valence-corrected chi connectivity index (χ3v) is 1.14. The minimum atomic E-state index is 0.705. The summed E-state index contributed by atoms with van der Waals surface area (Å²) in [7, 11) is 0. The van der Waals surface area contributed by atoms with Crippen molar-refractivity contribution in [1.82, 2.24) is 9.88 Å². The molecule has 2 nitrogen and oxygen atoms in total. The molecule has 1 N–H and O–H groups in total. The Labute approximate surface area is 59.5 Å². The Hall–Kier alpha value is -0.830. The van der Waals surface area contributed by atoms with E-state index in [9.17, 15) is 0 Å². The van der Waals surface area contributed by atoms with Crippen LogP contribution in [-0.4, -0.2) is 10.1 Å². The molecule has 0 amide bonds. The Balaban J connectivity index is 2.38. The molecule has 47 valence electrons. The highest BCUT2D eigenvalue weighted by Crippen LogP contribution is 1.85. The van der Waals surface area contributed by atoms with Crippen LogP contribution in [-0.2, 0) is 6.67 Å². The molecule has 0 aliphatic carbocycles. The Morgan fingerprint density at radius 1 is 1.44 bits per heavy atom. The van der Waals surface area contributed by atoms with Crippen molar-refractivity contribution in [2.45, 2.75) is 6.67 Å². The largest absolute Gasteiger partial charge is 0.356 e. The molecule has 0 aliphatic rings. The molecular weight excluding hydrogens is 132 g/mol. The van der Waals surface area contributed by atoms with Gasteiger partial charge < -0.3 is 9.88 Å². The second-order valence-electron chi connectivity index (χ2n) is 1.63. The van der Waals surface area contributed by atoms with E-state index in [1.807, 2.05) is 29.1 Å². The van der Waals surface area contributed by atoms with Crippen molar-refractivity contribution in [3.63, 3.8) is 0 Å². The number of nitrogens with zero attached hydrogens (tertiary/aromatic N) is 1. The molecule has 0 saturated heterocycles. The predicted molar refractivity (Wildman–Crippen MR) is 40.2 cm³/mol. The normalized spacial score (nSPS) is 8.89. The summed E-state index contributed by atoms with van der Waals surface area (Å²) in [5.41, 5.74) is 2.42. The first-order valence-electron chi connectivity index (χ1n) is 2.64. The van der Waals surface area contributed by atoms with Crippen molar-refractivity contribution in [2.24, 2.45) is 0 Å². The highest BCUT2D eigenvalue weighted by molar-refractivity contribution is 7.78. The van der Waals surface area contributed by atoms with E-state index in [2.05, 4.69) is 23.0 Å². The van der Waals surface area contributed by atoms with Gasteiger partial charge in [-0.1, -0.05) is 12.2 Å². The topological polar surface area (TPSA) is 17.0 Å². The van der Waals surface area contributed by atoms with Gasteiger partial charge in [-0.2, -0.15) is 0 Å². The molecule has 0 bridgehead atoms. The second-order valence-corrected chi connectivity index (χ2v) is 1.84. The van der Waals surface area contributed by atoms with E-state index >= 15 is 0 Å². The third-order valence-electron chi connectivity index (χ3n) is 1.000. The summed E-state index contributed by atoms with van der Waals surface area (Å²) in [4.78, 5) is 0. The molecular formula is C6H7N2S. The van der Waals surface area contributed by atoms with Gasteiger partial charge in [0.1, 0.15) is 5.49 Å². The number of aromatic nitrogens is 1. The summed E-state index contributed by atoms with van der Waals surface area (Å²) in [6.45, 7) is 0.705. The van der Waals surface area contributed by atoms with E-state index in [1.54, 1.807) is 0 Å². The van der Waals surface area contributed by atoms with Crippen molar-refractivity contribution in [1.29, 1.82) is 0 Å². The molecule has 1 radical (unpaired) electrons. The molecule has 3 heteroatoms. The fourth-order valence-electron chi connectivity index (χ4n) is 0.599. The maximum Gasteiger partial charge on any atom is 0.135 e. The Bertz CT molecular complexity index is 169. The smallest absolute Gasteiger partial charge is 0.135 e. The van der Waals surface area contributed by atoms with Crippen molar-refractivity contribution < 1.29 is 0 Å². The molecule has 1 rings (SSSR count). The van der Waals surface area contributed by atoms with Gasteiger partial charge in [0.15, 0.2) is 0 Å². The first-order chi connectivity index (χ1) is 4.43. The maximum atomic E-state index is 4.45. The number of hydrogen-bond acceptors (Lipinski definition) is 1. The van der Waals surface area contributed by atoms with Gasteiger partial charge in [0.25, 0.3) is 0 Å². The van der Waals surface area contributed by atoms with Gasteiger partial charge in [-0.25, -0.2) is 0 Å². The fraction of sp³-hybridized carbons (Fsp3) is 0.167. The molecule has 0 fully saturated rings. The quantitative estimate of drug-likeness (QED) is 0.494. The molecule has 0 spiro atoms. The maximum absolute atomic E-state index is 4.45. The summed E-state index contributed by atoms with van der Waals surface area (Å²) >= 11 is 4.45. The lowest BCUT2D eigenvalue weighted by molar-refractivity contribution is 0.680. The second kappa shape index (κ2) is 3.25. The number of nitrogens with one attached hydrogen (secondary N) is 1. The first-order valence-corrected chi connectivity index (χ1v) is 3.05. The monoisotopic (exact) mass is 139 g/mol. The lowest BCUT2D eigenvalue weighted by Crippen LogP contribution is -2.13. The van der Waals surface area contributed by atoms with Crippen LogP contribution < -0.4 is 5.32 Å². The minimum absolute atomic E-state index is 0.705. The number of hydrogen-bond donors (Lipinski definition) is 1. The Kier molecular flexibility index (Phi) is 2.27. The molecule has 0 unspecified atom stereocenters. The molecule has 0 aliphatic heterocycles. The van der Waals surface area contributed by atoms with E-state index in [0.29, 0.717) is 6.67 Å². The van der Waals surface area contributed by atoms with Gasteiger partial charge in [-0.15, -0.1) is 0 Å². The molecule has 0 saturated carbocycles. The van der Waals surface area contributed by atoms with Gasteiger partial charge >= 0.3 is 0 Å². The Morgan fingerprint density at radius 3 is 2.67 bits per heavy atom. The van der Waals surface area contributed by atoms with Crippen molar-refractivity contribution in [3.05, 3.63) is 24.5 Å². The molecule has 1 aromatic heterocycles. The molecule has 0 atom stereocenters. The van der Waals surface area contributed by atoms with Crippen LogP contribution in [0.25, 0.3) is 0 Å². The van der Waals surface area contributed by atoms with E-state index in [1.165, 1.54) is 0 Å². The zero-order valence-electron chi connectivity index (χ0n) is 4.87. The zero-order valence-corrected chi connectivity index (χ0v) is 5.69. The summed E-state index contributed by atoms with van der Waals surface area (Å²) < 4.78 is 1.97. The standard InChI is InChI=1S/C6H7N2S/c9-6-7-5-8-3-1-2-4-8/h1-4H,5H2,(H,7,9). The lowest BCUT2D eigenvalue weighted by Gasteiger charge is -1.98. The molecule has 1 aromatic rings. The van der Waals surface area contributed by atoms with E-state index in [-0.39, 0.29) is 0 Å². The van der Waals surface area contributed by atoms with Crippen LogP contribution in [0.1, 0.15) is 0 Å². The first kappa shape index (κ1) is 6.29. The van der Waals surface area contributed by atoms with Crippen LogP contribution in [0.4, 0.5) is 0 Å².